The van der Waals surface area contributed by atoms with Crippen molar-refractivity contribution in [3.63, 3.8) is 0 Å². The molecule has 2 bridgehead atoms. The van der Waals surface area contributed by atoms with Crippen LogP contribution in [0.1, 0.15) is 182 Å². The van der Waals surface area contributed by atoms with Crippen molar-refractivity contribution in [2.24, 2.45) is 22.7 Å². The molecule has 0 spiro atoms. The van der Waals surface area contributed by atoms with Gasteiger partial charge < -0.3 is 24.3 Å². The zero-order valence-electron chi connectivity index (χ0n) is 33.1. The topological polar surface area (TPSA) is 117 Å². The minimum absolute atomic E-state index is 0.0163. The second kappa shape index (κ2) is 26.6. The maximum Gasteiger partial charge on any atom is 0.306 e. The summed E-state index contributed by atoms with van der Waals surface area (Å²) < 4.78 is 22.2. The highest BCUT2D eigenvalue weighted by molar-refractivity contribution is 5.78. The molecule has 2 aliphatic heterocycles. The van der Waals surface area contributed by atoms with Crippen molar-refractivity contribution in [3.8, 4) is 0 Å². The van der Waals surface area contributed by atoms with E-state index in [0.717, 1.165) is 38.8 Å². The molecule has 0 aromatic carbocycles. The second-order valence-corrected chi connectivity index (χ2v) is 16.0. The first-order chi connectivity index (χ1) is 24.7. The van der Waals surface area contributed by atoms with Crippen LogP contribution in [0.2, 0.25) is 0 Å². The summed E-state index contributed by atoms with van der Waals surface area (Å²) in [6, 6.07) is 0. The molecule has 1 aliphatic carbocycles. The summed E-state index contributed by atoms with van der Waals surface area (Å²) >= 11 is 0. The Labute approximate surface area is 310 Å². The van der Waals surface area contributed by atoms with Gasteiger partial charge in [0.25, 0.3) is 0 Å². The minimum Gasteiger partial charge on any atom is -0.466 e. The van der Waals surface area contributed by atoms with Gasteiger partial charge in [0.05, 0.1) is 52.1 Å². The third-order valence-electron chi connectivity index (χ3n) is 11.1. The van der Waals surface area contributed by atoms with Gasteiger partial charge in [-0.05, 0) is 37.5 Å². The molecule has 0 aromatic heterocycles. The normalized spacial score (nSPS) is 19.5. The Hall–Kier alpha value is -2.16. The third-order valence-corrected chi connectivity index (χ3v) is 11.1. The molecule has 296 valence electrons. The maximum absolute atomic E-state index is 12.5. The van der Waals surface area contributed by atoms with Crippen LogP contribution in [0.25, 0.3) is 0 Å². The van der Waals surface area contributed by atoms with Crippen LogP contribution in [-0.4, -0.2) is 63.4 Å². The number of hydrogen-bond acceptors (Lipinski definition) is 9. The molecule has 0 atom stereocenters. The molecule has 3 aliphatic rings. The number of ether oxygens (including phenoxy) is 4. The summed E-state index contributed by atoms with van der Waals surface area (Å²) in [6.07, 6.45) is 23.0. The van der Waals surface area contributed by atoms with Crippen LogP contribution in [0, 0.1) is 22.7 Å². The smallest absolute Gasteiger partial charge is 0.306 e. The molecule has 9 heteroatoms. The average Bonchev–Trinajstić information content (AvgIpc) is 3.11. The van der Waals surface area contributed by atoms with E-state index in [1.807, 2.05) is 0 Å². The summed E-state index contributed by atoms with van der Waals surface area (Å²) in [5.74, 6) is -0.260. The summed E-state index contributed by atoms with van der Waals surface area (Å²) in [6.45, 7) is 11.7. The monoisotopic (exact) mass is 722 g/mol. The summed E-state index contributed by atoms with van der Waals surface area (Å²) in [7, 11) is 0. The first kappa shape index (κ1) is 45.0. The Morgan fingerprint density at radius 3 is 1.10 bits per heavy atom. The lowest BCUT2D eigenvalue weighted by molar-refractivity contribution is -0.176. The van der Waals surface area contributed by atoms with Crippen LogP contribution in [0.3, 0.4) is 0 Å². The molecule has 9 nitrogen and oxygen atoms in total. The van der Waals surface area contributed by atoms with E-state index in [9.17, 15) is 19.2 Å². The maximum atomic E-state index is 12.5. The Morgan fingerprint density at radius 1 is 0.471 bits per heavy atom. The molecule has 0 aromatic rings. The number of rotatable bonds is 32. The van der Waals surface area contributed by atoms with Gasteiger partial charge in [0.15, 0.2) is 0 Å². The van der Waals surface area contributed by atoms with Gasteiger partial charge in [-0.3, -0.25) is 19.2 Å². The van der Waals surface area contributed by atoms with Crippen molar-refractivity contribution in [2.45, 2.75) is 182 Å². The molecular weight excluding hydrogens is 646 g/mol. The van der Waals surface area contributed by atoms with E-state index in [4.69, 9.17) is 18.9 Å². The predicted molar refractivity (Wildman–Crippen MR) is 202 cm³/mol. The predicted octanol–water partition coefficient (Wildman–Crippen LogP) is 9.42. The number of carbonyl (C=O) groups is 4. The number of hydrogen-bond donors (Lipinski definition) is 1. The second-order valence-electron chi connectivity index (χ2n) is 16.0. The van der Waals surface area contributed by atoms with Crippen LogP contribution >= 0.6 is 0 Å². The van der Waals surface area contributed by atoms with E-state index < -0.39 is 0 Å². The molecule has 3 fully saturated rings. The van der Waals surface area contributed by atoms with E-state index >= 15 is 0 Å². The Bertz CT molecular complexity index is 884. The van der Waals surface area contributed by atoms with E-state index in [0.29, 0.717) is 25.0 Å². The van der Waals surface area contributed by atoms with Gasteiger partial charge in [-0.2, -0.15) is 0 Å². The van der Waals surface area contributed by atoms with Crippen LogP contribution in [0.5, 0.6) is 0 Å². The van der Waals surface area contributed by atoms with Gasteiger partial charge in [0.2, 0.25) is 0 Å². The lowest BCUT2D eigenvalue weighted by Gasteiger charge is -2.60. The number of fused-ring (bicyclic) bond motifs is 2. The van der Waals surface area contributed by atoms with E-state index in [1.165, 1.54) is 103 Å². The molecule has 0 unspecified atom stereocenters. The van der Waals surface area contributed by atoms with E-state index in [2.05, 4.69) is 33.0 Å². The highest BCUT2D eigenvalue weighted by Crippen LogP contribution is 2.57. The van der Waals surface area contributed by atoms with Gasteiger partial charge in [-0.25, -0.2) is 0 Å². The van der Waals surface area contributed by atoms with Gasteiger partial charge in [0, 0.05) is 23.9 Å². The first-order valence-electron chi connectivity index (χ1n) is 21.0. The highest BCUT2D eigenvalue weighted by atomic mass is 16.5. The zero-order chi connectivity index (χ0) is 37.2. The Morgan fingerprint density at radius 2 is 0.784 bits per heavy atom. The van der Waals surface area contributed by atoms with Crippen LogP contribution in [0.4, 0.5) is 0 Å². The standard InChI is InChI=1S/C42H75NO8/c1-5-9-13-17-35(18-14-10-6-2)25-27-48-37(44)21-23-39(46)50-33-41-29-42(30-41,32-43-31-41)34-51-40(47)24-22-38(45)49-28-26-36(19-15-11-7-3)20-16-12-8-4/h35-36,43H,5-34H2,1-4H3. The largest absolute Gasteiger partial charge is 0.466 e. The lowest BCUT2D eigenvalue weighted by atomic mass is 9.51. The van der Waals surface area contributed by atoms with Gasteiger partial charge in [0.1, 0.15) is 0 Å². The molecule has 51 heavy (non-hydrogen) atoms. The molecule has 3 rings (SSSR count). The van der Waals surface area contributed by atoms with Crippen LogP contribution in [-0.2, 0) is 38.1 Å². The molecule has 2 heterocycles. The first-order valence-corrected chi connectivity index (χ1v) is 21.0. The fraction of sp³-hybridized carbons (Fsp3) is 0.905. The molecule has 0 amide bonds. The number of unbranched alkanes of at least 4 members (excludes halogenated alkanes) is 8. The Balaban J connectivity index is 1.60. The van der Waals surface area contributed by atoms with Gasteiger partial charge in [-0.15, -0.1) is 0 Å². The fourth-order valence-electron chi connectivity index (χ4n) is 8.13. The van der Waals surface area contributed by atoms with Crippen molar-refractivity contribution < 1.29 is 38.1 Å². The van der Waals surface area contributed by atoms with Crippen molar-refractivity contribution in [1.29, 1.82) is 0 Å². The van der Waals surface area contributed by atoms with Crippen LogP contribution < -0.4 is 5.32 Å². The van der Waals surface area contributed by atoms with Crippen molar-refractivity contribution in [3.05, 3.63) is 0 Å². The van der Waals surface area contributed by atoms with Crippen molar-refractivity contribution in [2.75, 3.05) is 39.5 Å². The molecule has 1 N–H and O–H groups in total. The molecule has 2 saturated heterocycles. The van der Waals surface area contributed by atoms with Gasteiger partial charge in [-0.1, -0.05) is 130 Å². The number of nitrogens with one attached hydrogen (secondary N) is 1. The van der Waals surface area contributed by atoms with Gasteiger partial charge >= 0.3 is 23.9 Å². The number of piperidine rings is 2. The molecule has 0 radical (unpaired) electrons. The highest BCUT2D eigenvalue weighted by Gasteiger charge is 2.58. The lowest BCUT2D eigenvalue weighted by Crippen LogP contribution is -2.65. The van der Waals surface area contributed by atoms with Crippen LogP contribution in [0.15, 0.2) is 0 Å². The molecule has 1 saturated carbocycles. The number of esters is 4. The third kappa shape index (κ3) is 19.5. The van der Waals surface area contributed by atoms with E-state index in [-0.39, 0.29) is 73.6 Å². The fourth-order valence-corrected chi connectivity index (χ4v) is 8.13. The summed E-state index contributed by atoms with van der Waals surface area (Å²) in [4.78, 5) is 49.6. The zero-order valence-corrected chi connectivity index (χ0v) is 33.1. The SMILES string of the molecule is CCCCCC(CCCCC)CCOC(=O)CCC(=O)OCC12CNCC(COC(=O)CCC(=O)OCCC(CCCCC)CCCCC)(C1)C2. The quantitative estimate of drug-likeness (QED) is 0.0412. The number of carbonyl (C=O) groups excluding carboxylic acids is 4. The summed E-state index contributed by atoms with van der Waals surface area (Å²) in [5, 5.41) is 3.41. The molecular formula is C42H75NO8. The summed E-state index contributed by atoms with van der Waals surface area (Å²) in [5.41, 5.74) is -0.361. The van der Waals surface area contributed by atoms with E-state index in [1.54, 1.807) is 0 Å². The average molecular weight is 722 g/mol. The van der Waals surface area contributed by atoms with Crippen molar-refractivity contribution in [1.82, 2.24) is 5.32 Å². The minimum atomic E-state index is -0.386. The Kier molecular flexibility index (Phi) is 23.5. The van der Waals surface area contributed by atoms with Crippen molar-refractivity contribution >= 4 is 23.9 Å².